The molecule has 1 saturated heterocycles. The Morgan fingerprint density at radius 1 is 0.900 bits per heavy atom. The van der Waals surface area contributed by atoms with Crippen molar-refractivity contribution in [1.82, 2.24) is 28.8 Å². The van der Waals surface area contributed by atoms with Crippen LogP contribution in [-0.4, -0.2) is 48.9 Å². The van der Waals surface area contributed by atoms with E-state index < -0.39 is 6.30 Å². The number of pyridine rings is 2. The van der Waals surface area contributed by atoms with Crippen LogP contribution in [0.4, 0.5) is 13.2 Å². The van der Waals surface area contributed by atoms with E-state index in [1.807, 2.05) is 41.1 Å². The third-order valence-electron chi connectivity index (χ3n) is 7.66. The summed E-state index contributed by atoms with van der Waals surface area (Å²) in [6, 6.07) is 13.0. The van der Waals surface area contributed by atoms with Crippen LogP contribution in [0.25, 0.3) is 44.4 Å². The zero-order chi connectivity index (χ0) is 28.2. The van der Waals surface area contributed by atoms with Gasteiger partial charge in [0, 0.05) is 65.5 Å². The van der Waals surface area contributed by atoms with Gasteiger partial charge in [0.1, 0.15) is 5.52 Å². The van der Waals surface area contributed by atoms with Crippen molar-refractivity contribution < 1.29 is 13.2 Å². The summed E-state index contributed by atoms with van der Waals surface area (Å²) in [7, 11) is 3.68. The maximum atomic E-state index is 13.5. The fourth-order valence-corrected chi connectivity index (χ4v) is 5.48. The van der Waals surface area contributed by atoms with Crippen LogP contribution in [0.5, 0.6) is 0 Å². The molecule has 5 heterocycles. The predicted octanol–water partition coefficient (Wildman–Crippen LogP) is 4.97. The number of piperidine rings is 1. The van der Waals surface area contributed by atoms with Crippen LogP contribution in [0, 0.1) is 0 Å². The van der Waals surface area contributed by atoms with Crippen LogP contribution < -0.4 is 11.1 Å². The van der Waals surface area contributed by atoms with Crippen LogP contribution in [0.3, 0.4) is 0 Å². The Balaban J connectivity index is 1.56. The molecule has 11 heteroatoms. The van der Waals surface area contributed by atoms with Crippen molar-refractivity contribution >= 4 is 10.9 Å². The molecule has 0 aliphatic carbocycles. The first-order valence-electron chi connectivity index (χ1n) is 13.0. The Bertz CT molecular complexity index is 1820. The smallest absolute Gasteiger partial charge is 0.350 e. The highest BCUT2D eigenvalue weighted by molar-refractivity contribution is 6.00. The number of fused-ring (bicyclic) bond motifs is 1. The number of hydrogen-bond donors (Lipinski definition) is 1. The summed E-state index contributed by atoms with van der Waals surface area (Å²) < 4.78 is 42.6. The number of rotatable bonds is 4. The minimum absolute atomic E-state index is 0.0735. The zero-order valence-corrected chi connectivity index (χ0v) is 21.9. The van der Waals surface area contributed by atoms with Crippen LogP contribution in [0.1, 0.15) is 18.9 Å². The van der Waals surface area contributed by atoms with Gasteiger partial charge in [0.05, 0.1) is 6.20 Å². The first-order chi connectivity index (χ1) is 19.1. The van der Waals surface area contributed by atoms with Gasteiger partial charge < -0.3 is 19.0 Å². The van der Waals surface area contributed by atoms with E-state index in [0.717, 1.165) is 49.5 Å². The lowest BCUT2D eigenvalue weighted by Gasteiger charge is -2.30. The summed E-state index contributed by atoms with van der Waals surface area (Å²) in [5.74, 6) is 0. The molecule has 5 aromatic rings. The quantitative estimate of drug-likeness (QED) is 0.344. The summed E-state index contributed by atoms with van der Waals surface area (Å²) in [5.41, 5.74) is 3.23. The van der Waals surface area contributed by atoms with Crippen LogP contribution in [0.2, 0.25) is 0 Å². The van der Waals surface area contributed by atoms with E-state index in [-0.39, 0.29) is 32.9 Å². The average Bonchev–Trinajstić information content (AvgIpc) is 3.60. The lowest BCUT2D eigenvalue weighted by molar-refractivity contribution is -0.212. The van der Waals surface area contributed by atoms with Crippen molar-refractivity contribution in [3.8, 4) is 33.5 Å². The maximum Gasteiger partial charge on any atom is 0.504 e. The number of alkyl halides is 3. The van der Waals surface area contributed by atoms with Gasteiger partial charge in [0.15, 0.2) is 0 Å². The lowest BCUT2D eigenvalue weighted by atomic mass is 9.94. The lowest BCUT2D eigenvalue weighted by Crippen LogP contribution is -2.35. The third kappa shape index (κ3) is 4.56. The Kier molecular flexibility index (Phi) is 6.25. The molecule has 0 radical (unpaired) electrons. The number of benzene rings is 1. The minimum Gasteiger partial charge on any atom is -0.350 e. The Labute approximate surface area is 226 Å². The molecule has 4 aromatic heterocycles. The van der Waals surface area contributed by atoms with Gasteiger partial charge in [-0.05, 0) is 50.2 Å². The molecule has 0 unspecified atom stereocenters. The van der Waals surface area contributed by atoms with Crippen LogP contribution in [-0.2, 0) is 13.3 Å². The Morgan fingerprint density at radius 3 is 2.30 bits per heavy atom. The molecule has 8 nitrogen and oxygen atoms in total. The summed E-state index contributed by atoms with van der Waals surface area (Å²) in [6.45, 7) is 1.80. The fourth-order valence-electron chi connectivity index (χ4n) is 5.48. The monoisotopic (exact) mass is 548 g/mol. The molecule has 1 N–H and O–H groups in total. The number of nitrogens with one attached hydrogen (secondary N) is 1. The van der Waals surface area contributed by atoms with Crippen molar-refractivity contribution in [1.29, 1.82) is 0 Å². The molecular formula is C29H27F3N6O2. The molecule has 6 rings (SSSR count). The fraction of sp³-hybridized carbons (Fsp3) is 0.276. The first-order valence-corrected chi connectivity index (χ1v) is 13.0. The van der Waals surface area contributed by atoms with Crippen molar-refractivity contribution in [2.75, 3.05) is 20.1 Å². The van der Waals surface area contributed by atoms with Gasteiger partial charge in [0.25, 0.3) is 11.1 Å². The molecule has 0 spiro atoms. The summed E-state index contributed by atoms with van der Waals surface area (Å²) in [5, 5.41) is 3.93. The van der Waals surface area contributed by atoms with Crippen LogP contribution >= 0.6 is 0 Å². The second-order valence-electron chi connectivity index (χ2n) is 10.3. The predicted molar refractivity (Wildman–Crippen MR) is 147 cm³/mol. The van der Waals surface area contributed by atoms with Gasteiger partial charge in [-0.15, -0.1) is 13.2 Å². The third-order valence-corrected chi connectivity index (χ3v) is 7.66. The molecule has 0 amide bonds. The molecule has 206 valence electrons. The number of aromatic nitrogens is 5. The normalized spacial score (nSPS) is 15.2. The van der Waals surface area contributed by atoms with Gasteiger partial charge >= 0.3 is 6.30 Å². The second kappa shape index (κ2) is 9.67. The standard InChI is InChI=1S/C29H27F3N6O2/c1-35-10-8-20(9-11-35)37-17-23(18-6-4-3-5-7-18)21(13-26(37)39)24-16-36(2)28(40)27-22(24)12-25(34-27)19-14-33-38(15-19)29(30,31)32/h3-7,12-17,20,34H,8-11H2,1-2H3. The minimum atomic E-state index is -4.66. The number of nitrogens with zero attached hydrogens (tertiary/aromatic N) is 5. The summed E-state index contributed by atoms with van der Waals surface area (Å²) >= 11 is 0. The van der Waals surface area contributed by atoms with Gasteiger partial charge in [-0.2, -0.15) is 9.78 Å². The topological polar surface area (TPSA) is 80.8 Å². The molecule has 1 aromatic carbocycles. The second-order valence-corrected chi connectivity index (χ2v) is 10.3. The molecular weight excluding hydrogens is 521 g/mol. The van der Waals surface area contributed by atoms with Crippen molar-refractivity contribution in [3.63, 3.8) is 0 Å². The molecule has 1 aliphatic heterocycles. The van der Waals surface area contributed by atoms with E-state index in [0.29, 0.717) is 22.2 Å². The molecule has 1 fully saturated rings. The van der Waals surface area contributed by atoms with E-state index in [4.69, 9.17) is 0 Å². The molecule has 40 heavy (non-hydrogen) atoms. The molecule has 1 aliphatic rings. The van der Waals surface area contributed by atoms with E-state index in [1.54, 1.807) is 25.4 Å². The number of aryl methyl sites for hydroxylation is 1. The highest BCUT2D eigenvalue weighted by Crippen LogP contribution is 2.37. The van der Waals surface area contributed by atoms with E-state index >= 15 is 0 Å². The number of likely N-dealkylation sites (tertiary alicyclic amines) is 1. The number of halogens is 3. The van der Waals surface area contributed by atoms with Crippen molar-refractivity contribution in [3.05, 3.63) is 88.0 Å². The molecule has 0 saturated carbocycles. The highest BCUT2D eigenvalue weighted by Gasteiger charge is 2.32. The largest absolute Gasteiger partial charge is 0.504 e. The maximum absolute atomic E-state index is 13.5. The summed E-state index contributed by atoms with van der Waals surface area (Å²) in [4.78, 5) is 31.9. The SMILES string of the molecule is CN1CCC(n2cc(-c3ccccc3)c(-c3cn(C)c(=O)c4[nH]c(-c5cnn(C(F)(F)F)c5)cc34)cc2=O)CC1. The first kappa shape index (κ1) is 25.9. The van der Waals surface area contributed by atoms with E-state index in [1.165, 1.54) is 4.57 Å². The van der Waals surface area contributed by atoms with Crippen LogP contribution in [0.15, 0.2) is 76.8 Å². The number of H-pyrrole nitrogens is 1. The van der Waals surface area contributed by atoms with Crippen molar-refractivity contribution in [2.45, 2.75) is 25.2 Å². The Hall–Kier alpha value is -4.38. The number of aromatic amines is 1. The molecule has 0 bridgehead atoms. The average molecular weight is 549 g/mol. The zero-order valence-electron chi connectivity index (χ0n) is 21.9. The number of hydrogen-bond acceptors (Lipinski definition) is 4. The van der Waals surface area contributed by atoms with Gasteiger partial charge in [0.2, 0.25) is 0 Å². The summed E-state index contributed by atoms with van der Waals surface area (Å²) in [6.07, 6.45) is 2.60. The highest BCUT2D eigenvalue weighted by atomic mass is 19.4. The Morgan fingerprint density at radius 2 is 1.62 bits per heavy atom. The van der Waals surface area contributed by atoms with E-state index in [2.05, 4.69) is 22.0 Å². The molecule has 0 atom stereocenters. The van der Waals surface area contributed by atoms with Gasteiger partial charge in [-0.1, -0.05) is 30.3 Å². The van der Waals surface area contributed by atoms with Crippen molar-refractivity contribution in [2.24, 2.45) is 7.05 Å². The van der Waals surface area contributed by atoms with Gasteiger partial charge in [-0.3, -0.25) is 9.59 Å². The van der Waals surface area contributed by atoms with E-state index in [9.17, 15) is 22.8 Å². The van der Waals surface area contributed by atoms with Gasteiger partial charge in [-0.25, -0.2) is 0 Å².